The number of carbonyl (C=O) groups is 2. The van der Waals surface area contributed by atoms with E-state index in [9.17, 15) is 22.8 Å². The highest BCUT2D eigenvalue weighted by Crippen LogP contribution is 2.51. The number of unbranched alkanes of at least 4 members (excludes halogenated alkanes) is 1. The van der Waals surface area contributed by atoms with Crippen molar-refractivity contribution in [1.29, 1.82) is 0 Å². The van der Waals surface area contributed by atoms with Crippen LogP contribution >= 0.6 is 0 Å². The number of amides is 2. The number of alkyl halides is 3. The number of carbonyl (C=O) groups excluding carboxylic acids is 2. The molecule has 10 heteroatoms. The molecule has 6 rings (SSSR count). The second-order valence-corrected chi connectivity index (χ2v) is 11.6. The largest absolute Gasteiger partial charge is 0.405 e. The van der Waals surface area contributed by atoms with Crippen LogP contribution in [-0.4, -0.2) is 55.8 Å². The van der Waals surface area contributed by atoms with E-state index in [1.165, 1.54) is 0 Å². The molecule has 7 nitrogen and oxygen atoms in total. The number of para-hydroxylation sites is 1. The summed E-state index contributed by atoms with van der Waals surface area (Å²) < 4.78 is 44.9. The molecule has 1 aromatic heterocycles. The van der Waals surface area contributed by atoms with Gasteiger partial charge >= 0.3 is 6.18 Å². The van der Waals surface area contributed by atoms with E-state index in [2.05, 4.69) is 20.5 Å². The summed E-state index contributed by atoms with van der Waals surface area (Å²) in [5, 5.41) is 5.13. The van der Waals surface area contributed by atoms with E-state index in [0.29, 0.717) is 50.1 Å². The number of benzene rings is 3. The highest BCUT2D eigenvalue weighted by molar-refractivity contribution is 6.08. The third-order valence-electron chi connectivity index (χ3n) is 8.72. The van der Waals surface area contributed by atoms with Crippen molar-refractivity contribution in [3.05, 3.63) is 114 Å². The molecule has 1 aliphatic heterocycles. The molecule has 46 heavy (non-hydrogen) atoms. The Bertz CT molecular complexity index is 1660. The van der Waals surface area contributed by atoms with Crippen LogP contribution in [0.2, 0.25) is 0 Å². The summed E-state index contributed by atoms with van der Waals surface area (Å²) >= 11 is 0. The number of aromatic nitrogens is 1. The topological polar surface area (TPSA) is 83.6 Å². The zero-order valence-corrected chi connectivity index (χ0v) is 25.3. The van der Waals surface area contributed by atoms with Crippen molar-refractivity contribution < 1.29 is 27.5 Å². The maximum Gasteiger partial charge on any atom is 0.405 e. The van der Waals surface area contributed by atoms with Gasteiger partial charge in [0.05, 0.1) is 30.7 Å². The number of ether oxygens (including phenoxy) is 1. The molecule has 0 atom stereocenters. The first-order chi connectivity index (χ1) is 22.3. The lowest BCUT2D eigenvalue weighted by Gasteiger charge is -2.31. The van der Waals surface area contributed by atoms with Gasteiger partial charge in [0.2, 0.25) is 5.91 Å². The van der Waals surface area contributed by atoms with Gasteiger partial charge in [-0.25, -0.2) is 0 Å². The van der Waals surface area contributed by atoms with Crippen LogP contribution in [0.1, 0.15) is 46.4 Å². The first kappa shape index (κ1) is 31.3. The molecule has 3 aromatic carbocycles. The average Bonchev–Trinajstić information content (AvgIpc) is 3.37. The van der Waals surface area contributed by atoms with Crippen molar-refractivity contribution in [3.8, 4) is 11.1 Å². The summed E-state index contributed by atoms with van der Waals surface area (Å²) in [6, 6.07) is 26.1. The molecule has 0 spiro atoms. The number of nitrogens with one attached hydrogen (secondary N) is 2. The monoisotopic (exact) mass is 628 g/mol. The van der Waals surface area contributed by atoms with E-state index in [1.54, 1.807) is 12.3 Å². The van der Waals surface area contributed by atoms with E-state index in [-0.39, 0.29) is 5.91 Å². The van der Waals surface area contributed by atoms with Crippen LogP contribution in [-0.2, 0) is 21.4 Å². The van der Waals surface area contributed by atoms with Crippen molar-refractivity contribution >= 4 is 23.2 Å². The van der Waals surface area contributed by atoms with Crippen LogP contribution in [0.4, 0.5) is 24.5 Å². The first-order valence-corrected chi connectivity index (χ1v) is 15.5. The Kier molecular flexibility index (Phi) is 9.08. The lowest BCUT2D eigenvalue weighted by Crippen LogP contribution is -2.47. The van der Waals surface area contributed by atoms with Gasteiger partial charge in [-0.2, -0.15) is 13.2 Å². The lowest BCUT2D eigenvalue weighted by molar-refractivity contribution is -0.141. The Morgan fingerprint density at radius 2 is 1.50 bits per heavy atom. The number of rotatable bonds is 10. The molecule has 0 saturated carbocycles. The van der Waals surface area contributed by atoms with Crippen LogP contribution in [0.25, 0.3) is 11.1 Å². The number of halogens is 3. The smallest absolute Gasteiger partial charge is 0.378 e. The molecule has 2 N–H and O–H groups in total. The van der Waals surface area contributed by atoms with Gasteiger partial charge in [0, 0.05) is 24.5 Å². The molecule has 0 bridgehead atoms. The summed E-state index contributed by atoms with van der Waals surface area (Å²) in [5.41, 5.74) is 4.80. The standard InChI is InChI=1S/C36H35F3N4O3/c37-36(38,39)24-41-34(45)35(30-13-4-1-10-27(30)28-11-2-5-14-31(28)35)18-8-7-9-25-16-17-26(23-40-25)42-33(44)29-12-3-6-15-32(29)43-19-21-46-22-20-43/h1-6,10-17,23H,7-9,18-22,24H2,(H,41,45)(H,42,44). The van der Waals surface area contributed by atoms with Gasteiger partial charge in [0.15, 0.2) is 0 Å². The van der Waals surface area contributed by atoms with Gasteiger partial charge in [-0.1, -0.05) is 67.1 Å². The second-order valence-electron chi connectivity index (χ2n) is 11.6. The average molecular weight is 629 g/mol. The van der Waals surface area contributed by atoms with Gasteiger partial charge in [-0.3, -0.25) is 14.6 Å². The zero-order valence-electron chi connectivity index (χ0n) is 25.3. The molecule has 4 aromatic rings. The van der Waals surface area contributed by atoms with E-state index >= 15 is 0 Å². The van der Waals surface area contributed by atoms with E-state index in [0.717, 1.165) is 46.7 Å². The van der Waals surface area contributed by atoms with Crippen molar-refractivity contribution in [1.82, 2.24) is 10.3 Å². The summed E-state index contributed by atoms with van der Waals surface area (Å²) in [6.45, 7) is 1.30. The summed E-state index contributed by atoms with van der Waals surface area (Å²) in [7, 11) is 0. The predicted molar refractivity (Wildman–Crippen MR) is 171 cm³/mol. The number of anilines is 2. The van der Waals surface area contributed by atoms with E-state index in [4.69, 9.17) is 4.74 Å². The Labute approximate surface area is 265 Å². The molecule has 0 radical (unpaired) electrons. The number of nitrogens with zero attached hydrogens (tertiary/aromatic N) is 2. The fourth-order valence-corrected chi connectivity index (χ4v) is 6.57. The number of aryl methyl sites for hydroxylation is 1. The Hall–Kier alpha value is -4.70. The second kappa shape index (κ2) is 13.3. The highest BCUT2D eigenvalue weighted by atomic mass is 19.4. The number of hydrogen-bond donors (Lipinski definition) is 2. The SMILES string of the molecule is O=C(Nc1ccc(CCCCC2(C(=O)NCC(F)(F)F)c3ccccc3-c3ccccc32)nc1)c1ccccc1N1CCOCC1. The fraction of sp³-hybridized carbons (Fsp3) is 0.306. The number of fused-ring (bicyclic) bond motifs is 3. The third kappa shape index (κ3) is 6.48. The Balaban J connectivity index is 1.12. The van der Waals surface area contributed by atoms with Crippen LogP contribution in [0.5, 0.6) is 0 Å². The molecule has 1 fully saturated rings. The van der Waals surface area contributed by atoms with E-state index in [1.807, 2.05) is 78.9 Å². The Morgan fingerprint density at radius 3 is 2.15 bits per heavy atom. The van der Waals surface area contributed by atoms with Gasteiger partial charge in [0.1, 0.15) is 12.0 Å². The van der Waals surface area contributed by atoms with E-state index < -0.39 is 24.0 Å². The van der Waals surface area contributed by atoms with Crippen LogP contribution < -0.4 is 15.5 Å². The number of pyridine rings is 1. The Morgan fingerprint density at radius 1 is 0.848 bits per heavy atom. The maximum absolute atomic E-state index is 13.7. The highest BCUT2D eigenvalue weighted by Gasteiger charge is 2.49. The maximum atomic E-state index is 13.7. The molecule has 1 saturated heterocycles. The minimum absolute atomic E-state index is 0.220. The van der Waals surface area contributed by atoms with Crippen molar-refractivity contribution in [2.45, 2.75) is 37.3 Å². The van der Waals surface area contributed by atoms with Gasteiger partial charge < -0.3 is 20.3 Å². The normalized spacial score (nSPS) is 15.2. The minimum atomic E-state index is -4.52. The van der Waals surface area contributed by atoms with Crippen LogP contribution in [0, 0.1) is 0 Å². The van der Waals surface area contributed by atoms with Gasteiger partial charge in [-0.05, 0) is 65.8 Å². The van der Waals surface area contributed by atoms with Crippen molar-refractivity contribution in [2.24, 2.45) is 0 Å². The van der Waals surface area contributed by atoms with Gasteiger partial charge in [-0.15, -0.1) is 0 Å². The predicted octanol–water partition coefficient (Wildman–Crippen LogP) is 6.53. The molecule has 2 amide bonds. The minimum Gasteiger partial charge on any atom is -0.378 e. The molecule has 0 unspecified atom stereocenters. The van der Waals surface area contributed by atoms with Gasteiger partial charge in [0.25, 0.3) is 5.91 Å². The molecule has 2 heterocycles. The zero-order chi connectivity index (χ0) is 32.1. The number of hydrogen-bond acceptors (Lipinski definition) is 5. The van der Waals surface area contributed by atoms with Crippen LogP contribution in [0.15, 0.2) is 91.1 Å². The molecular weight excluding hydrogens is 593 g/mol. The first-order valence-electron chi connectivity index (χ1n) is 15.5. The van der Waals surface area contributed by atoms with Crippen molar-refractivity contribution in [3.63, 3.8) is 0 Å². The summed E-state index contributed by atoms with van der Waals surface area (Å²) in [5.74, 6) is -0.862. The molecule has 238 valence electrons. The number of morpholine rings is 1. The molecule has 1 aliphatic carbocycles. The third-order valence-corrected chi connectivity index (χ3v) is 8.72. The van der Waals surface area contributed by atoms with Crippen molar-refractivity contribution in [2.75, 3.05) is 43.1 Å². The fourth-order valence-electron chi connectivity index (χ4n) is 6.57. The summed E-state index contributed by atoms with van der Waals surface area (Å²) in [4.78, 5) is 33.5. The molecule has 2 aliphatic rings. The van der Waals surface area contributed by atoms with Crippen LogP contribution in [0.3, 0.4) is 0 Å². The summed E-state index contributed by atoms with van der Waals surface area (Å²) in [6.07, 6.45) is -0.679. The quantitative estimate of drug-likeness (QED) is 0.195. The molecular formula is C36H35F3N4O3. The lowest BCUT2D eigenvalue weighted by atomic mass is 9.73.